The maximum atomic E-state index is 13.5. The van der Waals surface area contributed by atoms with Crippen LogP contribution in [0.5, 0.6) is 0 Å². The lowest BCUT2D eigenvalue weighted by Gasteiger charge is -2.31. The minimum absolute atomic E-state index is 0.00144. The van der Waals surface area contributed by atoms with Crippen LogP contribution in [0.25, 0.3) is 0 Å². The van der Waals surface area contributed by atoms with Crippen molar-refractivity contribution in [3.8, 4) is 0 Å². The largest absolute Gasteiger partial charge is 0.443 e. The Hall–Kier alpha value is -2.70. The number of hydrogen-bond donors (Lipinski definition) is 3. The molecule has 2 aromatic carbocycles. The molecule has 4 atom stereocenters. The van der Waals surface area contributed by atoms with Crippen molar-refractivity contribution >= 4 is 21.8 Å². The van der Waals surface area contributed by atoms with Gasteiger partial charge in [0.15, 0.2) is 0 Å². The number of nitrogens with zero attached hydrogens (tertiary/aromatic N) is 1. The van der Waals surface area contributed by atoms with Crippen LogP contribution in [-0.2, 0) is 30.7 Å². The van der Waals surface area contributed by atoms with Crippen molar-refractivity contribution in [2.45, 2.75) is 49.8 Å². The number of aliphatic hydroxyl groups excluding tert-OH is 1. The van der Waals surface area contributed by atoms with Crippen LogP contribution in [0.1, 0.15) is 25.8 Å². The van der Waals surface area contributed by atoms with Crippen LogP contribution in [-0.4, -0.2) is 81.7 Å². The summed E-state index contributed by atoms with van der Waals surface area (Å²) in [6, 6.07) is 14.5. The fraction of sp³-hybridized carbons (Fsp3) is 0.536. The van der Waals surface area contributed by atoms with Gasteiger partial charge in [-0.2, -0.15) is 4.31 Å². The third-order valence-corrected chi connectivity index (χ3v) is 9.11. The lowest BCUT2D eigenvalue weighted by atomic mass is 9.84. The molecule has 4 rings (SSSR count). The van der Waals surface area contributed by atoms with Gasteiger partial charge >= 0.3 is 6.09 Å². The summed E-state index contributed by atoms with van der Waals surface area (Å²) >= 11 is 0. The van der Waals surface area contributed by atoms with Gasteiger partial charge in [-0.05, 0) is 48.6 Å². The van der Waals surface area contributed by atoms with Crippen molar-refractivity contribution in [2.75, 3.05) is 45.3 Å². The van der Waals surface area contributed by atoms with Crippen molar-refractivity contribution in [1.82, 2.24) is 9.62 Å². The Morgan fingerprint density at radius 3 is 2.46 bits per heavy atom. The van der Waals surface area contributed by atoms with E-state index in [1.165, 1.54) is 28.6 Å². The van der Waals surface area contributed by atoms with Crippen molar-refractivity contribution in [2.24, 2.45) is 11.3 Å². The lowest BCUT2D eigenvalue weighted by molar-refractivity contribution is 0.0228. The van der Waals surface area contributed by atoms with Gasteiger partial charge < -0.3 is 30.4 Å². The number of anilines is 1. The number of carbonyl (C=O) groups is 1. The fourth-order valence-electron chi connectivity index (χ4n) is 5.06. The van der Waals surface area contributed by atoms with E-state index in [-0.39, 0.29) is 42.3 Å². The van der Waals surface area contributed by atoms with Crippen molar-refractivity contribution in [3.63, 3.8) is 0 Å². The first-order valence-electron chi connectivity index (χ1n) is 13.3. The third kappa shape index (κ3) is 7.29. The number of nitrogen functional groups attached to an aromatic ring is 1. The number of nitrogens with one attached hydrogen (secondary N) is 1. The number of benzene rings is 2. The first-order valence-corrected chi connectivity index (χ1v) is 14.7. The number of aliphatic hydroxyl groups is 1. The Labute approximate surface area is 230 Å². The molecule has 0 radical (unpaired) electrons. The number of alkyl carbamates (subject to hydrolysis) is 1. The van der Waals surface area contributed by atoms with Gasteiger partial charge in [0.05, 0.1) is 42.3 Å². The Morgan fingerprint density at radius 2 is 1.82 bits per heavy atom. The van der Waals surface area contributed by atoms with Gasteiger partial charge in [-0.3, -0.25) is 0 Å². The van der Waals surface area contributed by atoms with E-state index < -0.39 is 34.4 Å². The van der Waals surface area contributed by atoms with Gasteiger partial charge in [0, 0.05) is 25.4 Å². The summed E-state index contributed by atoms with van der Waals surface area (Å²) in [7, 11) is -3.93. The average Bonchev–Trinajstić information content (AvgIpc) is 3.53. The molecule has 2 fully saturated rings. The van der Waals surface area contributed by atoms with E-state index in [2.05, 4.69) is 5.32 Å². The normalized spacial score (nSPS) is 22.8. The summed E-state index contributed by atoms with van der Waals surface area (Å²) in [5.74, 6) is -0.00144. The molecule has 0 unspecified atom stereocenters. The van der Waals surface area contributed by atoms with Crippen LogP contribution < -0.4 is 11.1 Å². The van der Waals surface area contributed by atoms with Gasteiger partial charge in [0.25, 0.3) is 0 Å². The van der Waals surface area contributed by atoms with Gasteiger partial charge in [0.1, 0.15) is 6.10 Å². The average molecular weight is 562 g/mol. The summed E-state index contributed by atoms with van der Waals surface area (Å²) in [4.78, 5) is 13.2. The molecule has 4 N–H and O–H groups in total. The van der Waals surface area contributed by atoms with Crippen LogP contribution >= 0.6 is 0 Å². The minimum atomic E-state index is -3.93. The molecule has 0 aromatic heterocycles. The van der Waals surface area contributed by atoms with Crippen LogP contribution in [0.15, 0.2) is 59.5 Å². The predicted molar refractivity (Wildman–Crippen MR) is 146 cm³/mol. The molecule has 0 saturated carbocycles. The van der Waals surface area contributed by atoms with E-state index in [9.17, 15) is 18.3 Å². The summed E-state index contributed by atoms with van der Waals surface area (Å²) in [5, 5.41) is 14.2. The van der Waals surface area contributed by atoms with E-state index in [1.54, 1.807) is 0 Å². The van der Waals surface area contributed by atoms with E-state index in [4.69, 9.17) is 19.9 Å². The molecule has 10 nitrogen and oxygen atoms in total. The monoisotopic (exact) mass is 561 g/mol. The van der Waals surface area contributed by atoms with Gasteiger partial charge in [-0.1, -0.05) is 44.2 Å². The maximum Gasteiger partial charge on any atom is 0.407 e. The SMILES string of the molecule is CC(C)CN(C[C@@H](O)[C@H](Cc1ccccc1)NC(=O)O[C@H]1COC[C@@]12CCOC2)S(=O)(=O)c1ccc(N)cc1. The molecular formula is C28H39N3O7S. The Bertz CT molecular complexity index is 1180. The molecule has 2 heterocycles. The van der Waals surface area contributed by atoms with Gasteiger partial charge in [-0.25, -0.2) is 13.2 Å². The molecule has 39 heavy (non-hydrogen) atoms. The maximum absolute atomic E-state index is 13.5. The number of hydrogen-bond acceptors (Lipinski definition) is 8. The zero-order valence-corrected chi connectivity index (χ0v) is 23.3. The highest BCUT2D eigenvalue weighted by atomic mass is 32.2. The Morgan fingerprint density at radius 1 is 1.13 bits per heavy atom. The number of ether oxygens (including phenoxy) is 3. The number of rotatable bonds is 11. The summed E-state index contributed by atoms with van der Waals surface area (Å²) < 4.78 is 45.2. The first-order chi connectivity index (χ1) is 18.6. The van der Waals surface area contributed by atoms with Crippen molar-refractivity contribution < 1.29 is 32.5 Å². The molecular weight excluding hydrogens is 522 g/mol. The standard InChI is InChI=1S/C28H39N3O7S/c1-20(2)15-31(39(34,35)23-10-8-22(29)9-11-23)16-25(32)24(14-21-6-4-3-5-7-21)30-27(33)38-26-17-37-19-28(26)12-13-36-18-28/h3-11,20,24-26,32H,12-19,29H2,1-2H3,(H,30,33)/t24-,25+,26-,28-/m0/s1. The van der Waals surface area contributed by atoms with Crippen molar-refractivity contribution in [1.29, 1.82) is 0 Å². The predicted octanol–water partition coefficient (Wildman–Crippen LogP) is 2.42. The summed E-state index contributed by atoms with van der Waals surface area (Å²) in [6.07, 6.45) is -1.34. The zero-order chi connectivity index (χ0) is 28.0. The van der Waals surface area contributed by atoms with E-state index >= 15 is 0 Å². The third-order valence-electron chi connectivity index (χ3n) is 7.27. The molecule has 214 valence electrons. The molecule has 2 aliphatic heterocycles. The van der Waals surface area contributed by atoms with Crippen molar-refractivity contribution in [3.05, 3.63) is 60.2 Å². The number of carbonyl (C=O) groups excluding carboxylic acids is 1. The Balaban J connectivity index is 1.52. The lowest BCUT2D eigenvalue weighted by Crippen LogP contribution is -2.52. The van der Waals surface area contributed by atoms with Crippen LogP contribution in [0, 0.1) is 11.3 Å². The molecule has 11 heteroatoms. The zero-order valence-electron chi connectivity index (χ0n) is 22.5. The van der Waals surface area contributed by atoms with Gasteiger partial charge in [-0.15, -0.1) is 0 Å². The number of amides is 1. The number of sulfonamides is 1. The first kappa shape index (κ1) is 29.3. The van der Waals surface area contributed by atoms with Crippen LogP contribution in [0.4, 0.5) is 10.5 Å². The highest BCUT2D eigenvalue weighted by Gasteiger charge is 2.49. The molecule has 2 aliphatic rings. The quantitative estimate of drug-likeness (QED) is 0.356. The Kier molecular flexibility index (Phi) is 9.50. The molecule has 1 amide bonds. The summed E-state index contributed by atoms with van der Waals surface area (Å²) in [5.41, 5.74) is 6.72. The molecule has 2 aromatic rings. The van der Waals surface area contributed by atoms with Gasteiger partial charge in [0.2, 0.25) is 10.0 Å². The molecule has 0 bridgehead atoms. The van der Waals surface area contributed by atoms with E-state index in [1.807, 2.05) is 44.2 Å². The highest BCUT2D eigenvalue weighted by Crippen LogP contribution is 2.39. The topological polar surface area (TPSA) is 140 Å². The minimum Gasteiger partial charge on any atom is -0.443 e. The molecule has 1 spiro atoms. The molecule has 0 aliphatic carbocycles. The number of nitrogens with two attached hydrogens (primary N) is 1. The van der Waals surface area contributed by atoms with E-state index in [0.717, 1.165) is 12.0 Å². The van der Waals surface area contributed by atoms with E-state index in [0.29, 0.717) is 25.5 Å². The second-order valence-electron chi connectivity index (χ2n) is 10.9. The fourth-order valence-corrected chi connectivity index (χ4v) is 6.68. The second kappa shape index (κ2) is 12.6. The van der Waals surface area contributed by atoms with Crippen LogP contribution in [0.3, 0.4) is 0 Å². The highest BCUT2D eigenvalue weighted by molar-refractivity contribution is 7.89. The smallest absolute Gasteiger partial charge is 0.407 e. The second-order valence-corrected chi connectivity index (χ2v) is 12.8. The molecule has 2 saturated heterocycles. The van der Waals surface area contributed by atoms with Crippen LogP contribution in [0.2, 0.25) is 0 Å². The summed E-state index contributed by atoms with van der Waals surface area (Å²) in [6.45, 7) is 5.59.